The van der Waals surface area contributed by atoms with E-state index in [0.29, 0.717) is 18.6 Å². The number of likely N-dealkylation sites (N-methyl/N-ethyl adjacent to an activating group) is 1. The highest BCUT2D eigenvalue weighted by Gasteiger charge is 2.30. The van der Waals surface area contributed by atoms with E-state index in [9.17, 15) is 13.2 Å². The van der Waals surface area contributed by atoms with Gasteiger partial charge in [0.15, 0.2) is 0 Å². The summed E-state index contributed by atoms with van der Waals surface area (Å²) in [7, 11) is 1.64. The maximum absolute atomic E-state index is 12.9. The molecule has 1 N–H and O–H groups in total. The third-order valence-electron chi connectivity index (χ3n) is 4.67. The van der Waals surface area contributed by atoms with Crippen molar-refractivity contribution < 1.29 is 8.42 Å². The maximum Gasteiger partial charge on any atom is 0.328 e. The lowest BCUT2D eigenvalue weighted by Gasteiger charge is -2.31. The van der Waals surface area contributed by atoms with Crippen LogP contribution in [0.3, 0.4) is 0 Å². The highest BCUT2D eigenvalue weighted by Crippen LogP contribution is 2.23. The van der Waals surface area contributed by atoms with Gasteiger partial charge in [0.2, 0.25) is 10.0 Å². The van der Waals surface area contributed by atoms with E-state index in [1.807, 2.05) is 7.05 Å². The molecule has 1 aliphatic rings. The smallest absolute Gasteiger partial charge is 0.316 e. The minimum atomic E-state index is -3.55. The Hall–Kier alpha value is -1.64. The van der Waals surface area contributed by atoms with Crippen LogP contribution in [0.25, 0.3) is 11.0 Å². The summed E-state index contributed by atoms with van der Waals surface area (Å²) in [4.78, 5) is 12.2. The SMILES string of the molecule is CNC1CCCN(S(=O)(=O)c2ccc3c(c2)n(C)c(=O)n3C)C1. The van der Waals surface area contributed by atoms with Crippen molar-refractivity contribution in [2.45, 2.75) is 23.8 Å². The molecule has 1 unspecified atom stereocenters. The van der Waals surface area contributed by atoms with E-state index in [0.717, 1.165) is 18.4 Å². The van der Waals surface area contributed by atoms with Crippen LogP contribution in [0.4, 0.5) is 0 Å². The number of nitrogens with one attached hydrogen (secondary N) is 1. The lowest BCUT2D eigenvalue weighted by molar-refractivity contribution is 0.293. The minimum absolute atomic E-state index is 0.164. The standard InChI is InChI=1S/C15H22N4O3S/c1-16-11-5-4-8-19(10-11)23(21,22)12-6-7-13-14(9-12)18(3)15(20)17(13)2/h6-7,9,11,16H,4-5,8,10H2,1-3H3. The van der Waals surface area contributed by atoms with Crippen LogP contribution in [0.1, 0.15) is 12.8 Å². The summed E-state index contributed by atoms with van der Waals surface area (Å²) in [5.74, 6) is 0. The first-order valence-corrected chi connectivity index (χ1v) is 9.13. The van der Waals surface area contributed by atoms with Gasteiger partial charge in [0.1, 0.15) is 0 Å². The predicted octanol–water partition coefficient (Wildman–Crippen LogP) is 0.249. The van der Waals surface area contributed by atoms with Crippen molar-refractivity contribution in [2.75, 3.05) is 20.1 Å². The largest absolute Gasteiger partial charge is 0.328 e. The van der Waals surface area contributed by atoms with Gasteiger partial charge in [-0.05, 0) is 38.1 Å². The number of imidazole rings is 1. The molecule has 126 valence electrons. The fourth-order valence-electron chi connectivity index (χ4n) is 3.19. The number of aromatic nitrogens is 2. The lowest BCUT2D eigenvalue weighted by atomic mass is 10.1. The van der Waals surface area contributed by atoms with E-state index in [4.69, 9.17) is 0 Å². The molecule has 8 heteroatoms. The van der Waals surface area contributed by atoms with Crippen molar-refractivity contribution in [3.05, 3.63) is 28.7 Å². The lowest BCUT2D eigenvalue weighted by Crippen LogP contribution is -2.46. The number of hydrogen-bond acceptors (Lipinski definition) is 4. The Labute approximate surface area is 135 Å². The van der Waals surface area contributed by atoms with Crippen LogP contribution in [-0.4, -0.2) is 48.0 Å². The van der Waals surface area contributed by atoms with Crippen molar-refractivity contribution in [3.8, 4) is 0 Å². The molecule has 0 saturated carbocycles. The summed E-state index contributed by atoms with van der Waals surface area (Å²) in [5, 5.41) is 3.15. The molecule has 1 aromatic heterocycles. The third kappa shape index (κ3) is 2.60. The summed E-state index contributed by atoms with van der Waals surface area (Å²) >= 11 is 0. The Balaban J connectivity index is 2.05. The number of hydrogen-bond donors (Lipinski definition) is 1. The fraction of sp³-hybridized carbons (Fsp3) is 0.533. The van der Waals surface area contributed by atoms with Crippen LogP contribution >= 0.6 is 0 Å². The Morgan fingerprint density at radius 1 is 1.17 bits per heavy atom. The van der Waals surface area contributed by atoms with Gasteiger partial charge >= 0.3 is 5.69 Å². The molecule has 1 fully saturated rings. The first-order valence-electron chi connectivity index (χ1n) is 7.69. The highest BCUT2D eigenvalue weighted by molar-refractivity contribution is 7.89. The second kappa shape index (κ2) is 5.77. The Bertz CT molecular complexity index is 897. The Morgan fingerprint density at radius 3 is 2.57 bits per heavy atom. The van der Waals surface area contributed by atoms with Crippen LogP contribution < -0.4 is 11.0 Å². The van der Waals surface area contributed by atoms with Crippen molar-refractivity contribution in [2.24, 2.45) is 14.1 Å². The van der Waals surface area contributed by atoms with Gasteiger partial charge < -0.3 is 5.32 Å². The summed E-state index contributed by atoms with van der Waals surface area (Å²) in [5.41, 5.74) is 1.19. The first-order chi connectivity index (χ1) is 10.9. The number of rotatable bonds is 3. The molecule has 2 heterocycles. The number of nitrogens with zero attached hydrogens (tertiary/aromatic N) is 3. The Morgan fingerprint density at radius 2 is 1.87 bits per heavy atom. The van der Waals surface area contributed by atoms with Crippen molar-refractivity contribution in [3.63, 3.8) is 0 Å². The average molecular weight is 338 g/mol. The van der Waals surface area contributed by atoms with Crippen LogP contribution in [0.15, 0.2) is 27.9 Å². The number of aryl methyl sites for hydroxylation is 2. The van der Waals surface area contributed by atoms with E-state index < -0.39 is 10.0 Å². The molecule has 3 rings (SSSR count). The van der Waals surface area contributed by atoms with Crippen molar-refractivity contribution >= 4 is 21.1 Å². The highest BCUT2D eigenvalue weighted by atomic mass is 32.2. The molecule has 0 spiro atoms. The number of sulfonamides is 1. The van der Waals surface area contributed by atoms with E-state index in [-0.39, 0.29) is 16.6 Å². The zero-order valence-electron chi connectivity index (χ0n) is 13.6. The minimum Gasteiger partial charge on any atom is -0.316 e. The zero-order chi connectivity index (χ0) is 16.8. The molecule has 0 bridgehead atoms. The molecule has 2 aromatic rings. The average Bonchev–Trinajstić information content (AvgIpc) is 2.79. The second-order valence-corrected chi connectivity index (χ2v) is 7.98. The van der Waals surface area contributed by atoms with Gasteiger partial charge in [-0.25, -0.2) is 13.2 Å². The third-order valence-corrected chi connectivity index (χ3v) is 6.53. The van der Waals surface area contributed by atoms with Gasteiger partial charge in [-0.2, -0.15) is 4.31 Å². The molecule has 1 atom stereocenters. The van der Waals surface area contributed by atoms with Crippen LogP contribution in [-0.2, 0) is 24.1 Å². The molecule has 1 saturated heterocycles. The van der Waals surface area contributed by atoms with E-state index in [1.54, 1.807) is 32.3 Å². The topological polar surface area (TPSA) is 76.3 Å². The van der Waals surface area contributed by atoms with Crippen molar-refractivity contribution in [1.82, 2.24) is 18.8 Å². The van der Waals surface area contributed by atoms with Crippen LogP contribution in [0.5, 0.6) is 0 Å². The Kier molecular flexibility index (Phi) is 4.07. The normalized spacial score (nSPS) is 20.2. The van der Waals surface area contributed by atoms with Gasteiger partial charge in [0.25, 0.3) is 0 Å². The molecule has 0 aliphatic carbocycles. The number of benzene rings is 1. The van der Waals surface area contributed by atoms with Crippen LogP contribution in [0.2, 0.25) is 0 Å². The molecule has 1 aliphatic heterocycles. The summed E-state index contributed by atoms with van der Waals surface area (Å²) in [6.07, 6.45) is 1.82. The second-order valence-electron chi connectivity index (χ2n) is 6.04. The summed E-state index contributed by atoms with van der Waals surface area (Å²) < 4.78 is 30.3. The number of piperidine rings is 1. The molecular weight excluding hydrogens is 316 g/mol. The van der Waals surface area contributed by atoms with E-state index >= 15 is 0 Å². The predicted molar refractivity (Wildman–Crippen MR) is 89.0 cm³/mol. The maximum atomic E-state index is 12.9. The van der Waals surface area contributed by atoms with E-state index in [1.165, 1.54) is 13.4 Å². The fourth-order valence-corrected chi connectivity index (χ4v) is 4.74. The van der Waals surface area contributed by atoms with Gasteiger partial charge in [-0.3, -0.25) is 9.13 Å². The van der Waals surface area contributed by atoms with Crippen LogP contribution in [0, 0.1) is 0 Å². The van der Waals surface area contributed by atoms with Gasteiger partial charge in [0.05, 0.1) is 15.9 Å². The summed E-state index contributed by atoms with van der Waals surface area (Å²) in [6.45, 7) is 1.01. The molecule has 0 radical (unpaired) electrons. The molecular formula is C15H22N4O3S. The molecule has 7 nitrogen and oxygen atoms in total. The number of fused-ring (bicyclic) bond motifs is 1. The zero-order valence-corrected chi connectivity index (χ0v) is 14.4. The first kappa shape index (κ1) is 16.2. The summed E-state index contributed by atoms with van der Waals surface area (Å²) in [6, 6.07) is 5.06. The molecule has 1 aromatic carbocycles. The van der Waals surface area contributed by atoms with Crippen molar-refractivity contribution in [1.29, 1.82) is 0 Å². The van der Waals surface area contributed by atoms with Gasteiger partial charge in [-0.1, -0.05) is 0 Å². The molecule has 0 amide bonds. The monoisotopic (exact) mass is 338 g/mol. The van der Waals surface area contributed by atoms with Gasteiger partial charge in [-0.15, -0.1) is 0 Å². The quantitative estimate of drug-likeness (QED) is 0.870. The van der Waals surface area contributed by atoms with Gasteiger partial charge in [0, 0.05) is 33.2 Å². The van der Waals surface area contributed by atoms with E-state index in [2.05, 4.69) is 5.32 Å². The molecule has 23 heavy (non-hydrogen) atoms.